The second-order valence-corrected chi connectivity index (χ2v) is 2.48. The van der Waals surface area contributed by atoms with Crippen LogP contribution >= 0.6 is 0 Å². The van der Waals surface area contributed by atoms with Gasteiger partial charge in [0, 0.05) is 0 Å². The molecule has 2 heteroatoms. The Hall–Kier alpha value is -1.05. The number of methoxy groups -OCH3 is 1. The molecule has 0 bridgehead atoms. The van der Waals surface area contributed by atoms with Crippen LogP contribution in [-0.4, -0.2) is 7.11 Å². The number of rotatable bonds is 1. The van der Waals surface area contributed by atoms with Crippen LogP contribution in [0.25, 0.3) is 0 Å². The quantitative estimate of drug-likeness (QED) is 0.564. The van der Waals surface area contributed by atoms with E-state index in [1.807, 2.05) is 6.92 Å². The first kappa shape index (κ1) is 8.05. The highest BCUT2D eigenvalue weighted by molar-refractivity contribution is 5.29. The second kappa shape index (κ2) is 3.37. The molecule has 1 aliphatic rings. The van der Waals surface area contributed by atoms with Crippen molar-refractivity contribution in [2.24, 2.45) is 0 Å². The minimum atomic E-state index is -0.198. The van der Waals surface area contributed by atoms with E-state index in [-0.39, 0.29) is 5.83 Å². The van der Waals surface area contributed by atoms with Crippen LogP contribution in [0.1, 0.15) is 13.3 Å². The van der Waals surface area contributed by atoms with Gasteiger partial charge in [0.25, 0.3) is 0 Å². The SMILES string of the molecule is COC1=C(C)CC=C(F)C=C1. The van der Waals surface area contributed by atoms with Gasteiger partial charge in [-0.2, -0.15) is 0 Å². The van der Waals surface area contributed by atoms with E-state index in [4.69, 9.17) is 4.74 Å². The first-order valence-corrected chi connectivity index (χ1v) is 3.51. The molecule has 0 aromatic carbocycles. The molecular formula is C9H11FO. The van der Waals surface area contributed by atoms with Gasteiger partial charge in [-0.3, -0.25) is 0 Å². The summed E-state index contributed by atoms with van der Waals surface area (Å²) in [6.45, 7) is 1.93. The van der Waals surface area contributed by atoms with E-state index in [1.54, 1.807) is 13.2 Å². The fourth-order valence-corrected chi connectivity index (χ4v) is 0.959. The largest absolute Gasteiger partial charge is 0.497 e. The van der Waals surface area contributed by atoms with Crippen molar-refractivity contribution in [2.45, 2.75) is 13.3 Å². The lowest BCUT2D eigenvalue weighted by atomic mass is 10.2. The van der Waals surface area contributed by atoms with Crippen LogP contribution < -0.4 is 0 Å². The number of hydrogen-bond acceptors (Lipinski definition) is 1. The van der Waals surface area contributed by atoms with Gasteiger partial charge in [0.2, 0.25) is 0 Å². The topological polar surface area (TPSA) is 9.23 Å². The van der Waals surface area contributed by atoms with Gasteiger partial charge in [-0.25, -0.2) is 4.39 Å². The van der Waals surface area contributed by atoms with E-state index in [0.29, 0.717) is 6.42 Å². The monoisotopic (exact) mass is 154 g/mol. The van der Waals surface area contributed by atoms with E-state index >= 15 is 0 Å². The van der Waals surface area contributed by atoms with Gasteiger partial charge in [0.05, 0.1) is 7.11 Å². The predicted molar refractivity (Wildman–Crippen MR) is 42.7 cm³/mol. The van der Waals surface area contributed by atoms with Gasteiger partial charge in [-0.1, -0.05) is 0 Å². The summed E-state index contributed by atoms with van der Waals surface area (Å²) in [4.78, 5) is 0. The average molecular weight is 154 g/mol. The zero-order chi connectivity index (χ0) is 8.27. The highest BCUT2D eigenvalue weighted by Gasteiger charge is 2.02. The summed E-state index contributed by atoms with van der Waals surface area (Å²) >= 11 is 0. The standard InChI is InChI=1S/C9H11FO/c1-7-3-4-8(10)5-6-9(7)11-2/h4-6H,3H2,1-2H3. The lowest BCUT2D eigenvalue weighted by Gasteiger charge is -2.02. The maximum absolute atomic E-state index is 12.6. The Morgan fingerprint density at radius 3 is 2.82 bits per heavy atom. The molecule has 11 heavy (non-hydrogen) atoms. The van der Waals surface area contributed by atoms with E-state index in [9.17, 15) is 4.39 Å². The molecule has 0 aromatic rings. The van der Waals surface area contributed by atoms with Gasteiger partial charge in [-0.05, 0) is 37.1 Å². The third-order valence-corrected chi connectivity index (χ3v) is 1.64. The summed E-state index contributed by atoms with van der Waals surface area (Å²) in [6, 6.07) is 0. The molecule has 0 saturated heterocycles. The Bertz CT molecular complexity index is 236. The Balaban J connectivity index is 2.87. The van der Waals surface area contributed by atoms with Gasteiger partial charge in [-0.15, -0.1) is 0 Å². The normalized spacial score (nSPS) is 17.9. The molecule has 0 N–H and O–H groups in total. The molecule has 0 aromatic heterocycles. The maximum atomic E-state index is 12.6. The smallest absolute Gasteiger partial charge is 0.119 e. The predicted octanol–water partition coefficient (Wildman–Crippen LogP) is 2.72. The van der Waals surface area contributed by atoms with Crippen molar-refractivity contribution >= 4 is 0 Å². The summed E-state index contributed by atoms with van der Waals surface area (Å²) in [5, 5.41) is 0. The van der Waals surface area contributed by atoms with Gasteiger partial charge >= 0.3 is 0 Å². The third kappa shape index (κ3) is 1.93. The van der Waals surface area contributed by atoms with Gasteiger partial charge < -0.3 is 4.74 Å². The molecular weight excluding hydrogens is 143 g/mol. The van der Waals surface area contributed by atoms with Gasteiger partial charge in [0.15, 0.2) is 0 Å². The van der Waals surface area contributed by atoms with Crippen molar-refractivity contribution < 1.29 is 9.13 Å². The van der Waals surface area contributed by atoms with E-state index < -0.39 is 0 Å². The minimum absolute atomic E-state index is 0.198. The van der Waals surface area contributed by atoms with Crippen LogP contribution in [0, 0.1) is 0 Å². The molecule has 1 nitrogen and oxygen atoms in total. The van der Waals surface area contributed by atoms with Crippen LogP contribution in [0.4, 0.5) is 4.39 Å². The Kier molecular flexibility index (Phi) is 2.47. The molecule has 0 unspecified atom stereocenters. The number of ether oxygens (including phenoxy) is 1. The second-order valence-electron chi connectivity index (χ2n) is 2.48. The molecule has 0 aliphatic heterocycles. The number of hydrogen-bond donors (Lipinski definition) is 0. The third-order valence-electron chi connectivity index (χ3n) is 1.64. The minimum Gasteiger partial charge on any atom is -0.497 e. The molecule has 60 valence electrons. The zero-order valence-corrected chi connectivity index (χ0v) is 6.73. The van der Waals surface area contributed by atoms with Gasteiger partial charge in [0.1, 0.15) is 11.6 Å². The fourth-order valence-electron chi connectivity index (χ4n) is 0.959. The van der Waals surface area contributed by atoms with Crippen molar-refractivity contribution in [2.75, 3.05) is 7.11 Å². The molecule has 0 amide bonds. The summed E-state index contributed by atoms with van der Waals surface area (Å²) in [7, 11) is 1.59. The molecule has 0 spiro atoms. The Morgan fingerprint density at radius 1 is 1.45 bits per heavy atom. The van der Waals surface area contributed by atoms with E-state index in [1.165, 1.54) is 12.2 Å². The molecule has 0 radical (unpaired) electrons. The van der Waals surface area contributed by atoms with Crippen molar-refractivity contribution in [3.05, 3.63) is 35.4 Å². The Labute approximate surface area is 65.9 Å². The first-order valence-electron chi connectivity index (χ1n) is 3.51. The summed E-state index contributed by atoms with van der Waals surface area (Å²) in [6.07, 6.45) is 5.23. The van der Waals surface area contributed by atoms with Crippen LogP contribution in [0.15, 0.2) is 35.4 Å². The zero-order valence-electron chi connectivity index (χ0n) is 6.73. The van der Waals surface area contributed by atoms with Crippen LogP contribution in [0.3, 0.4) is 0 Å². The molecule has 0 atom stereocenters. The van der Waals surface area contributed by atoms with Crippen LogP contribution in [0.2, 0.25) is 0 Å². The maximum Gasteiger partial charge on any atom is 0.119 e. The van der Waals surface area contributed by atoms with Crippen LogP contribution in [0.5, 0.6) is 0 Å². The molecule has 0 saturated carbocycles. The Morgan fingerprint density at radius 2 is 2.18 bits per heavy atom. The lowest BCUT2D eigenvalue weighted by molar-refractivity contribution is 0.302. The number of allylic oxidation sites excluding steroid dienone is 5. The highest BCUT2D eigenvalue weighted by Crippen LogP contribution is 2.17. The van der Waals surface area contributed by atoms with Crippen molar-refractivity contribution in [3.8, 4) is 0 Å². The molecule has 1 rings (SSSR count). The summed E-state index contributed by atoms with van der Waals surface area (Å²) in [5.41, 5.74) is 1.05. The average Bonchev–Trinajstić information content (AvgIpc) is 2.15. The van der Waals surface area contributed by atoms with Crippen molar-refractivity contribution in [1.29, 1.82) is 0 Å². The summed E-state index contributed by atoms with van der Waals surface area (Å²) < 4.78 is 17.6. The van der Waals surface area contributed by atoms with Crippen molar-refractivity contribution in [3.63, 3.8) is 0 Å². The first-order chi connectivity index (χ1) is 5.24. The van der Waals surface area contributed by atoms with Crippen LogP contribution in [-0.2, 0) is 4.74 Å². The fraction of sp³-hybridized carbons (Fsp3) is 0.333. The van der Waals surface area contributed by atoms with Crippen molar-refractivity contribution in [1.82, 2.24) is 0 Å². The number of halogens is 1. The van der Waals surface area contributed by atoms with E-state index in [0.717, 1.165) is 11.3 Å². The van der Waals surface area contributed by atoms with E-state index in [2.05, 4.69) is 0 Å². The lowest BCUT2D eigenvalue weighted by Crippen LogP contribution is -1.85. The summed E-state index contributed by atoms with van der Waals surface area (Å²) in [5.74, 6) is 0.560. The highest BCUT2D eigenvalue weighted by atomic mass is 19.1. The molecule has 0 heterocycles. The molecule has 1 aliphatic carbocycles. The molecule has 0 fully saturated rings.